The highest BCUT2D eigenvalue weighted by atomic mass is 16.3. The first-order valence-corrected chi connectivity index (χ1v) is 10.5. The van der Waals surface area contributed by atoms with Crippen LogP contribution in [0.4, 0.5) is 5.95 Å². The summed E-state index contributed by atoms with van der Waals surface area (Å²) in [6.07, 6.45) is 6.36. The van der Waals surface area contributed by atoms with Crippen LogP contribution in [0.3, 0.4) is 0 Å². The van der Waals surface area contributed by atoms with E-state index in [1.165, 1.54) is 25.9 Å². The zero-order valence-electron chi connectivity index (χ0n) is 16.5. The number of para-hydroxylation sites is 2. The summed E-state index contributed by atoms with van der Waals surface area (Å²) >= 11 is 0. The zero-order valence-corrected chi connectivity index (χ0v) is 16.5. The third kappa shape index (κ3) is 2.72. The Kier molecular flexibility index (Phi) is 3.84. The van der Waals surface area contributed by atoms with Gasteiger partial charge in [0.05, 0.1) is 0 Å². The van der Waals surface area contributed by atoms with Gasteiger partial charge in [0.2, 0.25) is 5.95 Å². The van der Waals surface area contributed by atoms with Gasteiger partial charge in [-0.3, -0.25) is 4.90 Å². The molecule has 5 heteroatoms. The number of nitrogens with zero attached hydrogens (tertiary/aromatic N) is 3. The number of hydrogen-bond donors (Lipinski definition) is 1. The van der Waals surface area contributed by atoms with E-state index in [1.54, 1.807) is 0 Å². The normalized spacial score (nSPS) is 26.2. The first-order valence-electron chi connectivity index (χ1n) is 10.5. The number of rotatable bonds is 3. The van der Waals surface area contributed by atoms with Crippen molar-refractivity contribution in [3.63, 3.8) is 0 Å². The third-order valence-corrected chi connectivity index (χ3v) is 6.84. The van der Waals surface area contributed by atoms with E-state index < -0.39 is 0 Å². The van der Waals surface area contributed by atoms with Crippen molar-refractivity contribution >= 4 is 27.9 Å². The van der Waals surface area contributed by atoms with Crippen LogP contribution in [0.15, 0.2) is 59.3 Å². The molecule has 2 aromatic carbocycles. The molecule has 5 nitrogen and oxygen atoms in total. The highest BCUT2D eigenvalue weighted by Gasteiger charge is 2.39. The van der Waals surface area contributed by atoms with Crippen molar-refractivity contribution in [2.24, 2.45) is 5.92 Å². The standard InChI is InChI=1S/C24H24N4O/c1-15-22(16-9-11-28(15)12-10-16)27-24-25-13-17(14-26-24)18-6-4-7-20-19-5-2-3-8-21(19)29-23(18)20/h2-8,13-16,22H,9-12H2,1H3,(H,25,26,27). The van der Waals surface area contributed by atoms with Crippen molar-refractivity contribution in [2.45, 2.75) is 31.8 Å². The maximum atomic E-state index is 6.16. The molecule has 2 unspecified atom stereocenters. The van der Waals surface area contributed by atoms with Gasteiger partial charge in [-0.15, -0.1) is 0 Å². The van der Waals surface area contributed by atoms with E-state index in [1.807, 2.05) is 30.6 Å². The van der Waals surface area contributed by atoms with Crippen LogP contribution in [0.2, 0.25) is 0 Å². The average molecular weight is 384 g/mol. The molecule has 3 saturated heterocycles. The first kappa shape index (κ1) is 17.0. The SMILES string of the molecule is CC1C(Nc2ncc(-c3cccc4c3oc3ccccc34)cn2)C2CCN1CC2. The van der Waals surface area contributed by atoms with Gasteiger partial charge in [-0.25, -0.2) is 9.97 Å². The number of benzene rings is 2. The maximum Gasteiger partial charge on any atom is 0.222 e. The number of aromatic nitrogens is 2. The minimum Gasteiger partial charge on any atom is -0.455 e. The summed E-state index contributed by atoms with van der Waals surface area (Å²) in [4.78, 5) is 11.9. The molecule has 0 spiro atoms. The van der Waals surface area contributed by atoms with Gasteiger partial charge in [0.15, 0.2) is 0 Å². The monoisotopic (exact) mass is 384 g/mol. The quantitative estimate of drug-likeness (QED) is 0.542. The molecule has 4 aromatic rings. The molecule has 3 aliphatic heterocycles. The minimum absolute atomic E-state index is 0.433. The van der Waals surface area contributed by atoms with E-state index in [0.717, 1.165) is 44.9 Å². The van der Waals surface area contributed by atoms with E-state index in [2.05, 4.69) is 51.4 Å². The lowest BCUT2D eigenvalue weighted by atomic mass is 9.79. The molecule has 146 valence electrons. The molecule has 1 N–H and O–H groups in total. The first-order chi connectivity index (χ1) is 14.3. The Morgan fingerprint density at radius 1 is 0.966 bits per heavy atom. The summed E-state index contributed by atoms with van der Waals surface area (Å²) in [5, 5.41) is 5.88. The van der Waals surface area contributed by atoms with E-state index in [0.29, 0.717) is 12.1 Å². The van der Waals surface area contributed by atoms with Crippen LogP contribution in [0.1, 0.15) is 19.8 Å². The number of hydrogen-bond acceptors (Lipinski definition) is 5. The predicted octanol–water partition coefficient (Wildman–Crippen LogP) is 4.94. The van der Waals surface area contributed by atoms with Gasteiger partial charge in [-0.05, 0) is 44.8 Å². The van der Waals surface area contributed by atoms with Crippen LogP contribution in [0.5, 0.6) is 0 Å². The molecule has 0 aliphatic carbocycles. The summed E-state index contributed by atoms with van der Waals surface area (Å²) in [5.41, 5.74) is 3.80. The largest absolute Gasteiger partial charge is 0.455 e. The highest BCUT2D eigenvalue weighted by molar-refractivity contribution is 6.09. The summed E-state index contributed by atoms with van der Waals surface area (Å²) < 4.78 is 6.16. The molecule has 2 aromatic heterocycles. The molecule has 7 rings (SSSR count). The fourth-order valence-corrected chi connectivity index (χ4v) is 5.21. The molecule has 0 saturated carbocycles. The Morgan fingerprint density at radius 2 is 1.72 bits per heavy atom. The molecule has 0 radical (unpaired) electrons. The molecular weight excluding hydrogens is 360 g/mol. The van der Waals surface area contributed by atoms with Crippen LogP contribution in [-0.4, -0.2) is 40.0 Å². The third-order valence-electron chi connectivity index (χ3n) is 6.84. The molecule has 0 amide bonds. The molecular formula is C24H24N4O. The molecule has 3 aliphatic rings. The number of anilines is 1. The second-order valence-corrected chi connectivity index (χ2v) is 8.36. The molecule has 29 heavy (non-hydrogen) atoms. The van der Waals surface area contributed by atoms with Gasteiger partial charge in [0.25, 0.3) is 0 Å². The lowest BCUT2D eigenvalue weighted by molar-refractivity contribution is 0.0455. The highest BCUT2D eigenvalue weighted by Crippen LogP contribution is 2.36. The number of fused-ring (bicyclic) bond motifs is 6. The second kappa shape index (κ2) is 6.56. The Bertz CT molecular complexity index is 1170. The summed E-state index contributed by atoms with van der Waals surface area (Å²) in [7, 11) is 0. The molecule has 2 bridgehead atoms. The van der Waals surface area contributed by atoms with Crippen LogP contribution >= 0.6 is 0 Å². The van der Waals surface area contributed by atoms with Crippen molar-refractivity contribution in [2.75, 3.05) is 18.4 Å². The Balaban J connectivity index is 1.32. The van der Waals surface area contributed by atoms with Crippen LogP contribution in [0, 0.1) is 5.92 Å². The van der Waals surface area contributed by atoms with Crippen molar-refractivity contribution < 1.29 is 4.42 Å². The van der Waals surface area contributed by atoms with Crippen LogP contribution < -0.4 is 5.32 Å². The van der Waals surface area contributed by atoms with Gasteiger partial charge in [-0.2, -0.15) is 0 Å². The second-order valence-electron chi connectivity index (χ2n) is 8.36. The van der Waals surface area contributed by atoms with E-state index in [9.17, 15) is 0 Å². The number of nitrogens with one attached hydrogen (secondary N) is 1. The lowest BCUT2D eigenvalue weighted by Gasteiger charge is -2.49. The number of piperidine rings is 3. The van der Waals surface area contributed by atoms with Gasteiger partial charge >= 0.3 is 0 Å². The van der Waals surface area contributed by atoms with Crippen molar-refractivity contribution in [3.05, 3.63) is 54.9 Å². The summed E-state index contributed by atoms with van der Waals surface area (Å²) in [6.45, 7) is 4.77. The summed E-state index contributed by atoms with van der Waals surface area (Å²) in [6, 6.07) is 15.4. The van der Waals surface area contributed by atoms with Gasteiger partial charge in [0, 0.05) is 46.4 Å². The topological polar surface area (TPSA) is 54.2 Å². The average Bonchev–Trinajstić information content (AvgIpc) is 3.16. The van der Waals surface area contributed by atoms with E-state index >= 15 is 0 Å². The van der Waals surface area contributed by atoms with Crippen LogP contribution in [0.25, 0.3) is 33.1 Å². The van der Waals surface area contributed by atoms with Crippen molar-refractivity contribution in [3.8, 4) is 11.1 Å². The Morgan fingerprint density at radius 3 is 2.52 bits per heavy atom. The summed E-state index contributed by atoms with van der Waals surface area (Å²) in [5.74, 6) is 1.44. The molecule has 5 heterocycles. The zero-order chi connectivity index (χ0) is 19.4. The smallest absolute Gasteiger partial charge is 0.222 e. The molecule has 3 fully saturated rings. The fraction of sp³-hybridized carbons (Fsp3) is 0.333. The molecule has 2 atom stereocenters. The minimum atomic E-state index is 0.433. The maximum absolute atomic E-state index is 6.16. The van der Waals surface area contributed by atoms with Gasteiger partial charge in [0.1, 0.15) is 11.2 Å². The van der Waals surface area contributed by atoms with Gasteiger partial charge < -0.3 is 9.73 Å². The van der Waals surface area contributed by atoms with Crippen molar-refractivity contribution in [1.29, 1.82) is 0 Å². The van der Waals surface area contributed by atoms with E-state index in [4.69, 9.17) is 4.42 Å². The van der Waals surface area contributed by atoms with Crippen molar-refractivity contribution in [1.82, 2.24) is 14.9 Å². The van der Waals surface area contributed by atoms with Gasteiger partial charge in [-0.1, -0.05) is 36.4 Å². The van der Waals surface area contributed by atoms with Crippen LogP contribution in [-0.2, 0) is 0 Å². The Labute approximate surface area is 169 Å². The Hall–Kier alpha value is -2.92. The fourth-order valence-electron chi connectivity index (χ4n) is 5.21. The number of furan rings is 1. The lowest BCUT2D eigenvalue weighted by Crippen LogP contribution is -2.59. The predicted molar refractivity (Wildman–Crippen MR) is 116 cm³/mol. The van der Waals surface area contributed by atoms with E-state index in [-0.39, 0.29) is 0 Å².